The molecule has 1 atom stereocenters. The Kier molecular flexibility index (Phi) is 5.83. The summed E-state index contributed by atoms with van der Waals surface area (Å²) in [6.07, 6.45) is 5.42. The maximum absolute atomic E-state index is 11.8. The van der Waals surface area contributed by atoms with Crippen LogP contribution in [0, 0.1) is 0 Å². The highest BCUT2D eigenvalue weighted by Gasteiger charge is 2.25. The summed E-state index contributed by atoms with van der Waals surface area (Å²) in [5.74, 6) is 2.42. The number of amides is 1. The van der Waals surface area contributed by atoms with Gasteiger partial charge in [0.2, 0.25) is 0 Å². The van der Waals surface area contributed by atoms with Crippen LogP contribution in [0.5, 0.6) is 0 Å². The number of anilines is 3. The first-order valence-corrected chi connectivity index (χ1v) is 8.95. The smallest absolute Gasteiger partial charge is 0.252 e. The fourth-order valence-corrected chi connectivity index (χ4v) is 3.11. The van der Waals surface area contributed by atoms with Crippen LogP contribution in [-0.4, -0.2) is 53.6 Å². The zero-order chi connectivity index (χ0) is 18.4. The monoisotopic (exact) mass is 355 g/mol. The number of carbonyl (C=O) groups is 1. The highest BCUT2D eigenvalue weighted by molar-refractivity contribution is 5.93. The number of nitrogens with one attached hydrogen (secondary N) is 3. The van der Waals surface area contributed by atoms with Crippen molar-refractivity contribution < 1.29 is 4.79 Å². The van der Waals surface area contributed by atoms with Crippen LogP contribution >= 0.6 is 0 Å². The van der Waals surface area contributed by atoms with Crippen molar-refractivity contribution in [1.29, 1.82) is 0 Å². The van der Waals surface area contributed by atoms with Gasteiger partial charge in [-0.1, -0.05) is 0 Å². The van der Waals surface area contributed by atoms with E-state index >= 15 is 0 Å². The van der Waals surface area contributed by atoms with Crippen molar-refractivity contribution in [3.63, 3.8) is 0 Å². The van der Waals surface area contributed by atoms with E-state index in [-0.39, 0.29) is 5.91 Å². The maximum atomic E-state index is 11.8. The first-order chi connectivity index (χ1) is 12.7. The quantitative estimate of drug-likeness (QED) is 0.696. The fraction of sp³-hybridized carbons (Fsp3) is 0.444. The number of nitrogens with zero attached hydrogens (tertiary/aromatic N) is 4. The topological polar surface area (TPSA) is 95.1 Å². The lowest BCUT2D eigenvalue weighted by atomic mass is 10.2. The Balaban J connectivity index is 1.60. The Morgan fingerprint density at radius 2 is 2.15 bits per heavy atom. The Bertz CT molecular complexity index is 735. The molecule has 0 aromatic carbocycles. The fourth-order valence-electron chi connectivity index (χ4n) is 3.11. The third-order valence-electron chi connectivity index (χ3n) is 4.46. The van der Waals surface area contributed by atoms with Gasteiger partial charge in [-0.15, -0.1) is 0 Å². The van der Waals surface area contributed by atoms with Crippen LogP contribution < -0.4 is 20.9 Å². The molecule has 138 valence electrons. The molecular weight excluding hydrogens is 330 g/mol. The van der Waals surface area contributed by atoms with Crippen LogP contribution in [0.1, 0.15) is 30.1 Å². The predicted molar refractivity (Wildman–Crippen MR) is 103 cm³/mol. The molecule has 2 aromatic rings. The molecule has 0 aliphatic carbocycles. The number of carbonyl (C=O) groups excluding carboxylic acids is 1. The van der Waals surface area contributed by atoms with E-state index in [0.29, 0.717) is 18.2 Å². The summed E-state index contributed by atoms with van der Waals surface area (Å²) in [4.78, 5) is 27.0. The van der Waals surface area contributed by atoms with E-state index < -0.39 is 0 Å². The van der Waals surface area contributed by atoms with Crippen LogP contribution in [0.4, 0.5) is 17.5 Å². The van der Waals surface area contributed by atoms with Crippen molar-refractivity contribution in [2.75, 3.05) is 42.2 Å². The van der Waals surface area contributed by atoms with Gasteiger partial charge in [0.25, 0.3) is 5.91 Å². The first-order valence-electron chi connectivity index (χ1n) is 8.95. The summed E-state index contributed by atoms with van der Waals surface area (Å²) in [5.41, 5.74) is 0.570. The average molecular weight is 355 g/mol. The minimum Gasteiger partial charge on any atom is -0.373 e. The predicted octanol–water partition coefficient (Wildman–Crippen LogP) is 1.74. The van der Waals surface area contributed by atoms with Crippen molar-refractivity contribution in [2.24, 2.45) is 0 Å². The average Bonchev–Trinajstić information content (AvgIpc) is 3.15. The lowest BCUT2D eigenvalue weighted by molar-refractivity contribution is 0.0955. The Morgan fingerprint density at radius 1 is 1.27 bits per heavy atom. The minimum absolute atomic E-state index is 0.0994. The highest BCUT2D eigenvalue weighted by Crippen LogP contribution is 2.25. The summed E-state index contributed by atoms with van der Waals surface area (Å²) < 4.78 is 0. The van der Waals surface area contributed by atoms with E-state index in [2.05, 4.69) is 35.8 Å². The molecule has 1 fully saturated rings. The highest BCUT2D eigenvalue weighted by atomic mass is 16.1. The largest absolute Gasteiger partial charge is 0.373 e. The molecule has 26 heavy (non-hydrogen) atoms. The second-order valence-electron chi connectivity index (χ2n) is 6.17. The van der Waals surface area contributed by atoms with Crippen LogP contribution in [-0.2, 0) is 0 Å². The van der Waals surface area contributed by atoms with Gasteiger partial charge in [-0.05, 0) is 31.9 Å². The second-order valence-corrected chi connectivity index (χ2v) is 6.17. The lowest BCUT2D eigenvalue weighted by Gasteiger charge is -2.26. The van der Waals surface area contributed by atoms with E-state index in [1.807, 2.05) is 26.1 Å². The van der Waals surface area contributed by atoms with Gasteiger partial charge in [0.05, 0.1) is 5.56 Å². The summed E-state index contributed by atoms with van der Waals surface area (Å²) in [7, 11) is 1.85. The Morgan fingerprint density at radius 3 is 2.88 bits per heavy atom. The Hall–Kier alpha value is -2.90. The molecule has 0 radical (unpaired) electrons. The van der Waals surface area contributed by atoms with Gasteiger partial charge in [-0.2, -0.15) is 0 Å². The number of hydrogen-bond acceptors (Lipinski definition) is 7. The number of aromatic nitrogens is 3. The van der Waals surface area contributed by atoms with Crippen molar-refractivity contribution >= 4 is 23.4 Å². The van der Waals surface area contributed by atoms with Gasteiger partial charge < -0.3 is 20.9 Å². The summed E-state index contributed by atoms with van der Waals surface area (Å²) >= 11 is 0. The minimum atomic E-state index is -0.0994. The normalized spacial score (nSPS) is 16.4. The molecule has 8 nitrogen and oxygen atoms in total. The van der Waals surface area contributed by atoms with Gasteiger partial charge in [-0.25, -0.2) is 15.0 Å². The van der Waals surface area contributed by atoms with Crippen LogP contribution in [0.25, 0.3) is 0 Å². The van der Waals surface area contributed by atoms with Gasteiger partial charge in [0.1, 0.15) is 23.8 Å². The SMILES string of the molecule is CCNC(=O)c1ccc(NCC2CCCN2c2cc(NC)ncn2)nc1. The van der Waals surface area contributed by atoms with Gasteiger partial charge in [-0.3, -0.25) is 4.79 Å². The first kappa shape index (κ1) is 17.9. The number of rotatable bonds is 7. The molecule has 0 saturated carbocycles. The molecule has 1 amide bonds. The van der Waals surface area contributed by atoms with Crippen LogP contribution in [0.15, 0.2) is 30.7 Å². The molecule has 3 N–H and O–H groups in total. The van der Waals surface area contributed by atoms with Crippen molar-refractivity contribution in [3.05, 3.63) is 36.3 Å². The standard InChI is InChI=1S/C18H25N7O/c1-3-20-18(26)13-6-7-15(21-10-13)22-11-14-5-4-8-25(14)17-9-16(19-2)23-12-24-17/h6-7,9-10,12,14H,3-5,8,11H2,1-2H3,(H,20,26)(H,21,22)(H,19,23,24). The third kappa shape index (κ3) is 4.19. The van der Waals surface area contributed by atoms with E-state index in [4.69, 9.17) is 0 Å². The zero-order valence-electron chi connectivity index (χ0n) is 15.2. The molecule has 0 bridgehead atoms. The van der Waals surface area contributed by atoms with Crippen LogP contribution in [0.2, 0.25) is 0 Å². The van der Waals surface area contributed by atoms with Crippen LogP contribution in [0.3, 0.4) is 0 Å². The summed E-state index contributed by atoms with van der Waals surface area (Å²) in [6, 6.07) is 5.95. The molecule has 3 heterocycles. The molecule has 0 spiro atoms. The molecule has 8 heteroatoms. The number of pyridine rings is 1. The van der Waals surface area contributed by atoms with Gasteiger partial charge >= 0.3 is 0 Å². The molecule has 1 unspecified atom stereocenters. The summed E-state index contributed by atoms with van der Waals surface area (Å²) in [6.45, 7) is 4.25. The molecular formula is C18H25N7O. The van der Waals surface area contributed by atoms with Crippen molar-refractivity contribution in [3.8, 4) is 0 Å². The van der Waals surface area contributed by atoms with E-state index in [9.17, 15) is 4.79 Å². The Labute approximate surface area is 153 Å². The number of hydrogen-bond donors (Lipinski definition) is 3. The van der Waals surface area contributed by atoms with E-state index in [1.165, 1.54) is 0 Å². The van der Waals surface area contributed by atoms with E-state index in [0.717, 1.165) is 43.4 Å². The van der Waals surface area contributed by atoms with E-state index in [1.54, 1.807) is 18.6 Å². The molecule has 3 rings (SSSR count). The molecule has 1 saturated heterocycles. The molecule has 1 aliphatic rings. The van der Waals surface area contributed by atoms with Gasteiger partial charge in [0, 0.05) is 45.0 Å². The summed E-state index contributed by atoms with van der Waals surface area (Å²) in [5, 5.41) is 9.19. The zero-order valence-corrected chi connectivity index (χ0v) is 15.2. The van der Waals surface area contributed by atoms with Crippen molar-refractivity contribution in [2.45, 2.75) is 25.8 Å². The second kappa shape index (κ2) is 8.46. The molecule has 1 aliphatic heterocycles. The third-order valence-corrected chi connectivity index (χ3v) is 4.46. The lowest BCUT2D eigenvalue weighted by Crippen LogP contribution is -2.35. The van der Waals surface area contributed by atoms with Crippen molar-refractivity contribution in [1.82, 2.24) is 20.3 Å². The molecule has 2 aromatic heterocycles. The maximum Gasteiger partial charge on any atom is 0.252 e. The van der Waals surface area contributed by atoms with Gasteiger partial charge in [0.15, 0.2) is 0 Å².